The molecule has 0 aliphatic carbocycles. The fourth-order valence-electron chi connectivity index (χ4n) is 3.65. The van der Waals surface area contributed by atoms with Crippen LogP contribution in [0.4, 0.5) is 10.2 Å². The molecule has 37 heavy (non-hydrogen) atoms. The van der Waals surface area contributed by atoms with Crippen LogP contribution in [0.15, 0.2) is 35.0 Å². The van der Waals surface area contributed by atoms with Gasteiger partial charge in [-0.15, -0.1) is 0 Å². The third-order valence-electron chi connectivity index (χ3n) is 5.32. The summed E-state index contributed by atoms with van der Waals surface area (Å²) in [5.74, 6) is -3.63. The van der Waals surface area contributed by atoms with E-state index in [0.29, 0.717) is 5.56 Å². The van der Waals surface area contributed by atoms with E-state index in [9.17, 15) is 28.6 Å². The second kappa shape index (κ2) is 10.1. The lowest BCUT2D eigenvalue weighted by molar-refractivity contribution is 0.375. The van der Waals surface area contributed by atoms with E-state index in [2.05, 4.69) is 20.3 Å². The van der Waals surface area contributed by atoms with E-state index in [4.69, 9.17) is 25.8 Å². The standard InChI is InChI=1S/C20H21ClFN5O8P2/c1-10(11-4-2-3-5-12(11)22)24-17-14-18(26-20(21)25-17)27(8-23-14)19-16(29)15(28)13(35-19)6-7-36(30,31)9-37(32,33)34/h2-5,8,10,28-29H,6-7,9H2,1H3,(H,30,31)(H,24,25,26)(H2,32,33,34)/t10-/m0/s1. The molecule has 3 aromatic heterocycles. The minimum absolute atomic E-state index is 0.0492. The molecule has 13 nitrogen and oxygen atoms in total. The molecular weight excluding hydrogens is 555 g/mol. The van der Waals surface area contributed by atoms with Crippen molar-refractivity contribution >= 4 is 43.5 Å². The summed E-state index contributed by atoms with van der Waals surface area (Å²) in [6.07, 6.45) is 0.155. The lowest BCUT2D eigenvalue weighted by Crippen LogP contribution is -2.10. The van der Waals surface area contributed by atoms with Crippen molar-refractivity contribution in [2.75, 3.05) is 17.4 Å². The molecule has 6 N–H and O–H groups in total. The number of rotatable bonds is 9. The van der Waals surface area contributed by atoms with Gasteiger partial charge in [-0.2, -0.15) is 9.97 Å². The van der Waals surface area contributed by atoms with Gasteiger partial charge in [-0.1, -0.05) is 18.2 Å². The van der Waals surface area contributed by atoms with E-state index in [-0.39, 0.29) is 33.9 Å². The van der Waals surface area contributed by atoms with Crippen LogP contribution in [0.1, 0.15) is 24.3 Å². The maximum atomic E-state index is 14.2. The number of imidazole rings is 1. The second-order valence-electron chi connectivity index (χ2n) is 8.17. The first-order valence-corrected chi connectivity index (χ1v) is 14.8. The largest absolute Gasteiger partial charge is 0.502 e. The molecule has 0 bridgehead atoms. The normalized spacial score (nSPS) is 14.5. The fourth-order valence-corrected chi connectivity index (χ4v) is 7.23. The smallest absolute Gasteiger partial charge is 0.335 e. The summed E-state index contributed by atoms with van der Waals surface area (Å²) in [7, 11) is -9.02. The predicted octanol–water partition coefficient (Wildman–Crippen LogP) is 3.73. The highest BCUT2D eigenvalue weighted by molar-refractivity contribution is 7.72. The monoisotopic (exact) mass is 575 g/mol. The predicted molar refractivity (Wildman–Crippen MR) is 131 cm³/mol. The Morgan fingerprint density at radius 2 is 1.86 bits per heavy atom. The van der Waals surface area contributed by atoms with Gasteiger partial charge >= 0.3 is 7.60 Å². The molecule has 0 amide bonds. The maximum absolute atomic E-state index is 14.2. The van der Waals surface area contributed by atoms with Crippen molar-refractivity contribution in [2.45, 2.75) is 19.4 Å². The molecule has 17 heteroatoms. The highest BCUT2D eigenvalue weighted by Crippen LogP contribution is 2.55. The van der Waals surface area contributed by atoms with E-state index < -0.39 is 56.8 Å². The highest BCUT2D eigenvalue weighted by Gasteiger charge is 2.31. The summed E-state index contributed by atoms with van der Waals surface area (Å²) >= 11 is 6.09. The van der Waals surface area contributed by atoms with Gasteiger partial charge in [-0.3, -0.25) is 9.13 Å². The van der Waals surface area contributed by atoms with Crippen LogP contribution in [-0.4, -0.2) is 56.5 Å². The SMILES string of the molecule is C[C@H](Nc1nc(Cl)nc2c1ncn2-c1oc(CCP(=O)(O)CP(=O)(O)O)c(O)c1O)c1ccccc1F. The van der Waals surface area contributed by atoms with Crippen molar-refractivity contribution in [3.8, 4) is 17.4 Å². The van der Waals surface area contributed by atoms with Crippen LogP contribution in [0.3, 0.4) is 0 Å². The maximum Gasteiger partial charge on any atom is 0.335 e. The zero-order valence-corrected chi connectivity index (χ0v) is 21.5. The van der Waals surface area contributed by atoms with Gasteiger partial charge in [0, 0.05) is 18.1 Å². The number of nitrogens with zero attached hydrogens (tertiary/aromatic N) is 4. The molecule has 0 radical (unpaired) electrons. The van der Waals surface area contributed by atoms with Crippen molar-refractivity contribution < 1.29 is 42.8 Å². The molecule has 0 spiro atoms. The number of benzene rings is 1. The van der Waals surface area contributed by atoms with Crippen LogP contribution < -0.4 is 5.32 Å². The minimum atomic E-state index is -4.76. The number of anilines is 1. The molecule has 0 aliphatic heterocycles. The van der Waals surface area contributed by atoms with Gasteiger partial charge in [-0.25, -0.2) is 13.9 Å². The average molecular weight is 576 g/mol. The number of aromatic hydroxyl groups is 2. The van der Waals surface area contributed by atoms with Crippen molar-refractivity contribution in [2.24, 2.45) is 0 Å². The number of hydrogen-bond acceptors (Lipinski definition) is 9. The number of furan rings is 1. The Labute approximate surface area is 213 Å². The lowest BCUT2D eigenvalue weighted by Gasteiger charge is -2.16. The number of aromatic nitrogens is 4. The molecule has 4 aromatic rings. The van der Waals surface area contributed by atoms with E-state index in [1.54, 1.807) is 25.1 Å². The van der Waals surface area contributed by atoms with Gasteiger partial charge in [0.15, 0.2) is 22.7 Å². The van der Waals surface area contributed by atoms with Crippen LogP contribution >= 0.6 is 26.6 Å². The first-order valence-electron chi connectivity index (χ1n) is 10.6. The van der Waals surface area contributed by atoms with Gasteiger partial charge in [0.2, 0.25) is 24.2 Å². The first kappa shape index (κ1) is 27.1. The number of nitrogens with one attached hydrogen (secondary N) is 1. The summed E-state index contributed by atoms with van der Waals surface area (Å²) < 4.78 is 44.0. The Bertz CT molecular complexity index is 1570. The van der Waals surface area contributed by atoms with Gasteiger partial charge in [0.1, 0.15) is 18.0 Å². The third kappa shape index (κ3) is 5.96. The van der Waals surface area contributed by atoms with Crippen LogP contribution in [-0.2, 0) is 15.6 Å². The summed E-state index contributed by atoms with van der Waals surface area (Å²) in [5.41, 5.74) is 0.585. The third-order valence-corrected chi connectivity index (χ3v) is 9.65. The Morgan fingerprint density at radius 3 is 2.54 bits per heavy atom. The topological polar surface area (TPSA) is 204 Å². The van der Waals surface area contributed by atoms with E-state index in [0.717, 1.165) is 4.57 Å². The Morgan fingerprint density at radius 1 is 1.16 bits per heavy atom. The molecule has 3 heterocycles. The summed E-state index contributed by atoms with van der Waals surface area (Å²) in [4.78, 5) is 40.2. The summed E-state index contributed by atoms with van der Waals surface area (Å²) in [5, 5.41) is 23.5. The number of halogens is 2. The van der Waals surface area contributed by atoms with E-state index in [1.807, 2.05) is 0 Å². The Kier molecular flexibility index (Phi) is 7.35. The Balaban J connectivity index is 1.66. The Hall–Kier alpha value is -2.99. The second-order valence-corrected chi connectivity index (χ2v) is 13.1. The molecule has 1 unspecified atom stereocenters. The quantitative estimate of drug-likeness (QED) is 0.125. The first-order chi connectivity index (χ1) is 17.3. The molecule has 0 aliphatic rings. The van der Waals surface area contributed by atoms with E-state index >= 15 is 0 Å². The van der Waals surface area contributed by atoms with Gasteiger partial charge in [0.05, 0.1) is 6.04 Å². The summed E-state index contributed by atoms with van der Waals surface area (Å²) in [6.45, 7) is 1.70. The highest BCUT2D eigenvalue weighted by atomic mass is 35.5. The number of fused-ring (bicyclic) bond motifs is 1. The van der Waals surface area contributed by atoms with Crippen molar-refractivity contribution in [3.05, 3.63) is 53.0 Å². The van der Waals surface area contributed by atoms with Gasteiger partial charge < -0.3 is 34.6 Å². The molecule has 0 saturated heterocycles. The van der Waals surface area contributed by atoms with Crippen LogP contribution in [0, 0.1) is 5.82 Å². The molecule has 198 valence electrons. The number of aryl methyl sites for hydroxylation is 1. The van der Waals surface area contributed by atoms with Gasteiger partial charge in [0.25, 0.3) is 5.88 Å². The number of hydrogen-bond donors (Lipinski definition) is 6. The van der Waals surface area contributed by atoms with Crippen molar-refractivity contribution in [3.63, 3.8) is 0 Å². The zero-order valence-electron chi connectivity index (χ0n) is 19.0. The molecular formula is C20H21ClFN5O8P2. The molecule has 0 fully saturated rings. The molecule has 4 rings (SSSR count). The minimum Gasteiger partial charge on any atom is -0.502 e. The van der Waals surface area contributed by atoms with Gasteiger partial charge in [-0.05, 0) is 24.6 Å². The van der Waals surface area contributed by atoms with Crippen molar-refractivity contribution in [1.82, 2.24) is 19.5 Å². The van der Waals surface area contributed by atoms with E-state index in [1.165, 1.54) is 12.4 Å². The fraction of sp³-hybridized carbons (Fsp3) is 0.250. The molecule has 1 aromatic carbocycles. The van der Waals surface area contributed by atoms with Crippen LogP contribution in [0.2, 0.25) is 5.28 Å². The summed E-state index contributed by atoms with van der Waals surface area (Å²) in [6, 6.07) is 5.61. The van der Waals surface area contributed by atoms with Crippen molar-refractivity contribution in [1.29, 1.82) is 0 Å². The zero-order chi connectivity index (χ0) is 27.1. The molecule has 2 atom stereocenters. The average Bonchev–Trinajstić information content (AvgIpc) is 3.32. The lowest BCUT2D eigenvalue weighted by atomic mass is 10.1. The van der Waals surface area contributed by atoms with Crippen LogP contribution in [0.25, 0.3) is 17.0 Å². The molecule has 0 saturated carbocycles. The van der Waals surface area contributed by atoms with Crippen LogP contribution in [0.5, 0.6) is 11.5 Å².